The molecule has 0 saturated heterocycles. The zero-order valence-corrected chi connectivity index (χ0v) is 8.90. The molecule has 1 nitrogen and oxygen atoms in total. The van der Waals surface area contributed by atoms with Crippen LogP contribution in [0.3, 0.4) is 0 Å². The van der Waals surface area contributed by atoms with Crippen molar-refractivity contribution < 1.29 is 4.57 Å². The van der Waals surface area contributed by atoms with Crippen molar-refractivity contribution in [3.63, 3.8) is 0 Å². The molecule has 0 amide bonds. The van der Waals surface area contributed by atoms with E-state index < -0.39 is 0 Å². The summed E-state index contributed by atoms with van der Waals surface area (Å²) in [4.78, 5) is 0. The molecule has 1 heteroatoms. The Balaban J connectivity index is 2.37. The maximum Gasteiger partial charge on any atom is 0.212 e. The summed E-state index contributed by atoms with van der Waals surface area (Å²) in [5, 5.41) is 1.33. The quantitative estimate of drug-likeness (QED) is 0.570. The smallest absolute Gasteiger partial charge is 0.191 e. The highest BCUT2D eigenvalue weighted by Crippen LogP contribution is 2.23. The summed E-state index contributed by atoms with van der Waals surface area (Å²) in [5.41, 5.74) is 4.21. The van der Waals surface area contributed by atoms with E-state index in [1.807, 2.05) is 0 Å². The number of fused-ring (bicyclic) bond motifs is 3. The Morgan fingerprint density at radius 1 is 1.13 bits per heavy atom. The minimum absolute atomic E-state index is 1.12. The van der Waals surface area contributed by atoms with Gasteiger partial charge in [0, 0.05) is 29.5 Å². The number of rotatable bonds is 0. The third-order valence-corrected chi connectivity index (χ3v) is 3.22. The molecule has 0 bridgehead atoms. The molecule has 0 N–H and O–H groups in total. The molecule has 3 rings (SSSR count). The van der Waals surface area contributed by atoms with Gasteiger partial charge in [-0.15, -0.1) is 0 Å². The number of benzene rings is 1. The van der Waals surface area contributed by atoms with Crippen LogP contribution in [-0.2, 0) is 6.54 Å². The number of para-hydroxylation sites is 1. The van der Waals surface area contributed by atoms with Crippen molar-refractivity contribution in [2.45, 2.75) is 19.9 Å². The first-order valence-electron chi connectivity index (χ1n) is 5.47. The van der Waals surface area contributed by atoms with Crippen LogP contribution in [-0.4, -0.2) is 0 Å². The Bertz CT molecular complexity index is 552. The number of nitrogens with zero attached hydrogens (tertiary/aromatic N) is 1. The van der Waals surface area contributed by atoms with Gasteiger partial charge in [0.1, 0.15) is 0 Å². The molecule has 0 aliphatic carbocycles. The van der Waals surface area contributed by atoms with Gasteiger partial charge in [0.05, 0.1) is 0 Å². The minimum atomic E-state index is 1.12. The molecule has 0 spiro atoms. The first-order chi connectivity index (χ1) is 7.40. The summed E-state index contributed by atoms with van der Waals surface area (Å²) in [6.07, 6.45) is 3.40. The third kappa shape index (κ3) is 1.19. The van der Waals surface area contributed by atoms with Crippen molar-refractivity contribution >= 4 is 16.5 Å². The van der Waals surface area contributed by atoms with Crippen molar-refractivity contribution in [2.75, 3.05) is 0 Å². The number of hydrogen-bond acceptors (Lipinski definition) is 0. The molecule has 1 aromatic carbocycles. The average molecular weight is 196 g/mol. The number of aryl methyl sites for hydroxylation is 1. The fourth-order valence-electron chi connectivity index (χ4n) is 2.44. The van der Waals surface area contributed by atoms with Gasteiger partial charge < -0.3 is 0 Å². The van der Waals surface area contributed by atoms with E-state index in [1.54, 1.807) is 0 Å². The Morgan fingerprint density at radius 3 is 2.87 bits per heavy atom. The summed E-state index contributed by atoms with van der Waals surface area (Å²) in [5.74, 6) is 0. The summed E-state index contributed by atoms with van der Waals surface area (Å²) in [7, 11) is 0. The second-order valence-corrected chi connectivity index (χ2v) is 3.99. The van der Waals surface area contributed by atoms with Crippen LogP contribution in [0.5, 0.6) is 0 Å². The lowest BCUT2D eigenvalue weighted by Gasteiger charge is -1.98. The first kappa shape index (κ1) is 8.66. The van der Waals surface area contributed by atoms with E-state index in [0.717, 1.165) is 6.54 Å². The molecule has 0 atom stereocenters. The normalized spacial score (nSPS) is 17.3. The van der Waals surface area contributed by atoms with Crippen LogP contribution in [0.1, 0.15) is 19.0 Å². The standard InChI is InChI=1S/C14H14N/c1-2-11-9-10-15-13-6-4-3-5-12(13)7-8-14(11)15/h2-8H,9-10H2,1H3/q+1/b11-2+. The minimum Gasteiger partial charge on any atom is -0.191 e. The van der Waals surface area contributed by atoms with Crippen LogP contribution >= 0.6 is 0 Å². The Morgan fingerprint density at radius 2 is 2.00 bits per heavy atom. The van der Waals surface area contributed by atoms with Gasteiger partial charge in [0.2, 0.25) is 11.2 Å². The van der Waals surface area contributed by atoms with E-state index in [2.05, 4.69) is 54.0 Å². The summed E-state index contributed by atoms with van der Waals surface area (Å²) < 4.78 is 2.42. The van der Waals surface area contributed by atoms with Gasteiger partial charge in [-0.2, -0.15) is 4.57 Å². The van der Waals surface area contributed by atoms with Crippen LogP contribution in [0.4, 0.5) is 0 Å². The summed E-state index contributed by atoms with van der Waals surface area (Å²) in [6.45, 7) is 3.25. The number of allylic oxidation sites excluding steroid dienone is 2. The molecule has 0 unspecified atom stereocenters. The van der Waals surface area contributed by atoms with Crippen LogP contribution in [0.2, 0.25) is 0 Å². The van der Waals surface area contributed by atoms with Gasteiger partial charge in [-0.25, -0.2) is 0 Å². The largest absolute Gasteiger partial charge is 0.212 e. The van der Waals surface area contributed by atoms with E-state index in [1.165, 1.54) is 28.6 Å². The zero-order chi connectivity index (χ0) is 10.3. The molecular weight excluding hydrogens is 182 g/mol. The highest BCUT2D eigenvalue weighted by molar-refractivity contribution is 5.77. The maximum absolute atomic E-state index is 2.42. The Labute approximate surface area is 89.7 Å². The van der Waals surface area contributed by atoms with Crippen molar-refractivity contribution in [1.29, 1.82) is 0 Å². The fraction of sp³-hybridized carbons (Fsp3) is 0.214. The molecule has 0 saturated carbocycles. The van der Waals surface area contributed by atoms with Crippen molar-refractivity contribution in [1.82, 2.24) is 0 Å². The van der Waals surface area contributed by atoms with Gasteiger partial charge in [0.25, 0.3) is 0 Å². The van der Waals surface area contributed by atoms with E-state index in [4.69, 9.17) is 0 Å². The van der Waals surface area contributed by atoms with Gasteiger partial charge in [0.15, 0.2) is 6.54 Å². The van der Waals surface area contributed by atoms with Crippen molar-refractivity contribution in [3.8, 4) is 0 Å². The van der Waals surface area contributed by atoms with E-state index >= 15 is 0 Å². The predicted octanol–water partition coefficient (Wildman–Crippen LogP) is 2.93. The summed E-state index contributed by atoms with van der Waals surface area (Å²) >= 11 is 0. The molecule has 2 aromatic rings. The lowest BCUT2D eigenvalue weighted by Crippen LogP contribution is -2.33. The predicted molar refractivity (Wildman–Crippen MR) is 62.4 cm³/mol. The maximum atomic E-state index is 2.42. The van der Waals surface area contributed by atoms with Crippen LogP contribution in [0.15, 0.2) is 42.5 Å². The van der Waals surface area contributed by atoms with Crippen molar-refractivity contribution in [3.05, 3.63) is 48.2 Å². The highest BCUT2D eigenvalue weighted by atomic mass is 15.0. The molecule has 1 aliphatic heterocycles. The van der Waals surface area contributed by atoms with E-state index in [-0.39, 0.29) is 0 Å². The SMILES string of the molecule is C/C=C1\CC[n+]2c1ccc1ccccc12. The van der Waals surface area contributed by atoms with Crippen molar-refractivity contribution in [2.24, 2.45) is 0 Å². The first-order valence-corrected chi connectivity index (χ1v) is 5.47. The second-order valence-electron chi connectivity index (χ2n) is 3.99. The molecule has 15 heavy (non-hydrogen) atoms. The van der Waals surface area contributed by atoms with E-state index in [0.29, 0.717) is 0 Å². The molecular formula is C14H14N+. The monoisotopic (exact) mass is 196 g/mol. The average Bonchev–Trinajstić information content (AvgIpc) is 2.72. The second kappa shape index (κ2) is 3.20. The number of hydrogen-bond donors (Lipinski definition) is 0. The topological polar surface area (TPSA) is 3.88 Å². The van der Waals surface area contributed by atoms with Crippen LogP contribution in [0, 0.1) is 0 Å². The Hall–Kier alpha value is -1.63. The van der Waals surface area contributed by atoms with E-state index in [9.17, 15) is 0 Å². The van der Waals surface area contributed by atoms with Gasteiger partial charge >= 0.3 is 0 Å². The molecule has 74 valence electrons. The molecule has 2 heterocycles. The lowest BCUT2D eigenvalue weighted by molar-refractivity contribution is -0.663. The molecule has 1 aromatic heterocycles. The molecule has 0 fully saturated rings. The van der Waals surface area contributed by atoms with Gasteiger partial charge in [-0.05, 0) is 19.1 Å². The fourth-order valence-corrected chi connectivity index (χ4v) is 2.44. The lowest BCUT2D eigenvalue weighted by atomic mass is 10.1. The zero-order valence-electron chi connectivity index (χ0n) is 8.90. The van der Waals surface area contributed by atoms with Crippen LogP contribution < -0.4 is 4.57 Å². The van der Waals surface area contributed by atoms with Gasteiger partial charge in [-0.3, -0.25) is 0 Å². The molecule has 1 aliphatic rings. The number of pyridine rings is 1. The van der Waals surface area contributed by atoms with Crippen LogP contribution in [0.25, 0.3) is 16.5 Å². The third-order valence-electron chi connectivity index (χ3n) is 3.22. The molecule has 0 radical (unpaired) electrons. The number of aromatic nitrogens is 1. The Kier molecular flexibility index (Phi) is 1.84. The highest BCUT2D eigenvalue weighted by Gasteiger charge is 2.25. The summed E-state index contributed by atoms with van der Waals surface area (Å²) in [6, 6.07) is 13.1. The van der Waals surface area contributed by atoms with Gasteiger partial charge in [-0.1, -0.05) is 18.2 Å².